The lowest BCUT2D eigenvalue weighted by atomic mass is 10.1. The topological polar surface area (TPSA) is 58.4 Å². The number of carbonyl (C=O) groups excluding carboxylic acids is 1. The van der Waals surface area contributed by atoms with Gasteiger partial charge >= 0.3 is 0 Å². The van der Waals surface area contributed by atoms with Crippen molar-refractivity contribution in [1.82, 2.24) is 0 Å². The molecule has 80 valence electrons. The monoisotopic (exact) mass is 205 g/mol. The molecule has 0 radical (unpaired) electrons. The smallest absolute Gasteiger partial charge is 0.248 e. The van der Waals surface area contributed by atoms with E-state index in [9.17, 15) is 4.79 Å². The predicted molar refractivity (Wildman–Crippen MR) is 61.1 cm³/mol. The van der Waals surface area contributed by atoms with Crippen molar-refractivity contribution >= 4 is 17.3 Å². The number of fused-ring (bicyclic) bond motifs is 1. The minimum absolute atomic E-state index is 0.0312. The van der Waals surface area contributed by atoms with Crippen LogP contribution in [-0.2, 0) is 4.79 Å². The van der Waals surface area contributed by atoms with Crippen molar-refractivity contribution in [2.45, 2.75) is 13.0 Å². The van der Waals surface area contributed by atoms with Gasteiger partial charge in [-0.25, -0.2) is 0 Å². The highest BCUT2D eigenvalue weighted by molar-refractivity contribution is 6.03. The first-order valence-corrected chi connectivity index (χ1v) is 4.98. The van der Waals surface area contributed by atoms with Crippen LogP contribution in [0.5, 0.6) is 0 Å². The first-order valence-electron chi connectivity index (χ1n) is 4.98. The van der Waals surface area contributed by atoms with Gasteiger partial charge < -0.3 is 16.0 Å². The van der Waals surface area contributed by atoms with Crippen molar-refractivity contribution in [1.29, 1.82) is 0 Å². The van der Waals surface area contributed by atoms with Crippen molar-refractivity contribution in [3.8, 4) is 0 Å². The minimum atomic E-state index is -0.265. The highest BCUT2D eigenvalue weighted by Crippen LogP contribution is 2.31. The summed E-state index contributed by atoms with van der Waals surface area (Å²) < 4.78 is 0. The minimum Gasteiger partial charge on any atom is -0.360 e. The van der Waals surface area contributed by atoms with E-state index >= 15 is 0 Å². The second kappa shape index (κ2) is 3.55. The van der Waals surface area contributed by atoms with E-state index in [1.807, 2.05) is 31.0 Å². The van der Waals surface area contributed by atoms with Gasteiger partial charge in [-0.3, -0.25) is 4.79 Å². The standard InChI is InChI=1S/C11H15N3O/c1-7-3-4-8-9(5-7)14(2)10(6-12)11(15)13-8/h3-5,10H,6,12H2,1-2H3,(H,13,15). The number of nitrogens with one attached hydrogen (secondary N) is 1. The van der Waals surface area contributed by atoms with Crippen LogP contribution in [0.2, 0.25) is 0 Å². The Kier molecular flexibility index (Phi) is 2.36. The average Bonchev–Trinajstić information content (AvgIpc) is 2.20. The molecule has 1 aliphatic heterocycles. The predicted octanol–water partition coefficient (Wildman–Crippen LogP) is 0.711. The molecule has 0 aromatic heterocycles. The number of rotatable bonds is 1. The summed E-state index contributed by atoms with van der Waals surface area (Å²) in [7, 11) is 1.90. The number of benzene rings is 1. The summed E-state index contributed by atoms with van der Waals surface area (Å²) in [6.45, 7) is 2.36. The first kappa shape index (κ1) is 9.98. The lowest BCUT2D eigenvalue weighted by Crippen LogP contribution is -2.50. The highest BCUT2D eigenvalue weighted by Gasteiger charge is 2.28. The van der Waals surface area contributed by atoms with Crippen LogP contribution in [0.3, 0.4) is 0 Å². The van der Waals surface area contributed by atoms with Crippen LogP contribution in [0.25, 0.3) is 0 Å². The maximum Gasteiger partial charge on any atom is 0.248 e. The third-order valence-corrected chi connectivity index (χ3v) is 2.78. The van der Waals surface area contributed by atoms with E-state index < -0.39 is 0 Å². The molecule has 0 saturated heterocycles. The summed E-state index contributed by atoms with van der Waals surface area (Å²) >= 11 is 0. The summed E-state index contributed by atoms with van der Waals surface area (Å²) in [6.07, 6.45) is 0. The SMILES string of the molecule is Cc1ccc2c(c1)N(C)C(CN)C(=O)N2. The van der Waals surface area contributed by atoms with Crippen molar-refractivity contribution in [3.63, 3.8) is 0 Å². The molecule has 1 heterocycles. The molecule has 1 unspecified atom stereocenters. The van der Waals surface area contributed by atoms with Crippen LogP contribution < -0.4 is 16.0 Å². The molecular formula is C11H15N3O. The fraction of sp³-hybridized carbons (Fsp3) is 0.364. The fourth-order valence-electron chi connectivity index (χ4n) is 1.86. The van der Waals surface area contributed by atoms with Crippen LogP contribution in [0.4, 0.5) is 11.4 Å². The molecule has 0 spiro atoms. The van der Waals surface area contributed by atoms with Crippen LogP contribution in [0.1, 0.15) is 5.56 Å². The van der Waals surface area contributed by atoms with Crippen LogP contribution in [-0.4, -0.2) is 25.5 Å². The fourth-order valence-corrected chi connectivity index (χ4v) is 1.86. The normalized spacial score (nSPS) is 19.8. The molecule has 1 amide bonds. The second-order valence-electron chi connectivity index (χ2n) is 3.87. The van der Waals surface area contributed by atoms with Crippen LogP contribution in [0.15, 0.2) is 18.2 Å². The zero-order valence-corrected chi connectivity index (χ0v) is 8.95. The number of carbonyl (C=O) groups is 1. The zero-order chi connectivity index (χ0) is 11.0. The average molecular weight is 205 g/mol. The van der Waals surface area contributed by atoms with E-state index in [4.69, 9.17) is 5.73 Å². The van der Waals surface area contributed by atoms with Gasteiger partial charge in [0.15, 0.2) is 0 Å². The van der Waals surface area contributed by atoms with E-state index in [1.165, 1.54) is 5.56 Å². The Hall–Kier alpha value is -1.55. The Morgan fingerprint density at radius 3 is 2.93 bits per heavy atom. The summed E-state index contributed by atoms with van der Waals surface area (Å²) in [5.74, 6) is -0.0312. The van der Waals surface area contributed by atoms with Crippen LogP contribution in [0, 0.1) is 6.92 Å². The van der Waals surface area contributed by atoms with Gasteiger partial charge in [0, 0.05) is 13.6 Å². The van der Waals surface area contributed by atoms with E-state index in [1.54, 1.807) is 0 Å². The van der Waals surface area contributed by atoms with E-state index in [0.29, 0.717) is 6.54 Å². The van der Waals surface area contributed by atoms with E-state index in [0.717, 1.165) is 11.4 Å². The molecular weight excluding hydrogens is 190 g/mol. The number of anilines is 2. The number of likely N-dealkylation sites (N-methyl/N-ethyl adjacent to an activating group) is 1. The van der Waals surface area contributed by atoms with Crippen molar-refractivity contribution < 1.29 is 4.79 Å². The van der Waals surface area contributed by atoms with Crippen molar-refractivity contribution in [2.75, 3.05) is 23.8 Å². The second-order valence-corrected chi connectivity index (χ2v) is 3.87. The summed E-state index contributed by atoms with van der Waals surface area (Å²) in [5, 5.41) is 2.86. The molecule has 2 rings (SSSR count). The third kappa shape index (κ3) is 1.57. The molecule has 0 bridgehead atoms. The maximum atomic E-state index is 11.7. The zero-order valence-electron chi connectivity index (χ0n) is 8.95. The molecule has 4 nitrogen and oxygen atoms in total. The first-order chi connectivity index (χ1) is 7.13. The van der Waals surface area contributed by atoms with Crippen molar-refractivity contribution in [3.05, 3.63) is 23.8 Å². The Balaban J connectivity index is 2.46. The molecule has 1 aliphatic rings. The Labute approximate surface area is 89.1 Å². The molecule has 1 aromatic carbocycles. The summed E-state index contributed by atoms with van der Waals surface area (Å²) in [4.78, 5) is 13.6. The molecule has 3 N–H and O–H groups in total. The summed E-state index contributed by atoms with van der Waals surface area (Å²) in [5.41, 5.74) is 8.64. The van der Waals surface area contributed by atoms with Gasteiger partial charge in [0.2, 0.25) is 5.91 Å². The number of amides is 1. The Morgan fingerprint density at radius 2 is 2.27 bits per heavy atom. The molecule has 0 fully saturated rings. The molecule has 0 aliphatic carbocycles. The van der Waals surface area contributed by atoms with Gasteiger partial charge in [-0.1, -0.05) is 6.07 Å². The van der Waals surface area contributed by atoms with E-state index in [-0.39, 0.29) is 11.9 Å². The van der Waals surface area contributed by atoms with Gasteiger partial charge in [0.25, 0.3) is 0 Å². The molecule has 0 saturated carbocycles. The largest absolute Gasteiger partial charge is 0.360 e. The molecule has 1 atom stereocenters. The number of nitrogens with zero attached hydrogens (tertiary/aromatic N) is 1. The lowest BCUT2D eigenvalue weighted by molar-refractivity contribution is -0.117. The van der Waals surface area contributed by atoms with Gasteiger partial charge in [0.05, 0.1) is 11.4 Å². The number of hydrogen-bond acceptors (Lipinski definition) is 3. The number of nitrogens with two attached hydrogens (primary N) is 1. The third-order valence-electron chi connectivity index (χ3n) is 2.78. The molecule has 4 heteroatoms. The van der Waals surface area contributed by atoms with Gasteiger partial charge in [0.1, 0.15) is 6.04 Å². The lowest BCUT2D eigenvalue weighted by Gasteiger charge is -2.34. The van der Waals surface area contributed by atoms with Crippen LogP contribution >= 0.6 is 0 Å². The van der Waals surface area contributed by atoms with Gasteiger partial charge in [-0.05, 0) is 24.6 Å². The number of hydrogen-bond donors (Lipinski definition) is 2. The molecule has 15 heavy (non-hydrogen) atoms. The Morgan fingerprint density at radius 1 is 1.53 bits per heavy atom. The van der Waals surface area contributed by atoms with Crippen molar-refractivity contribution in [2.24, 2.45) is 5.73 Å². The van der Waals surface area contributed by atoms with E-state index in [2.05, 4.69) is 11.4 Å². The Bertz CT molecular complexity index is 403. The van der Waals surface area contributed by atoms with Gasteiger partial charge in [-0.15, -0.1) is 0 Å². The summed E-state index contributed by atoms with van der Waals surface area (Å²) in [6, 6.07) is 5.69. The maximum absolute atomic E-state index is 11.7. The van der Waals surface area contributed by atoms with Gasteiger partial charge in [-0.2, -0.15) is 0 Å². The number of aryl methyl sites for hydroxylation is 1. The quantitative estimate of drug-likeness (QED) is 0.710. The molecule has 1 aromatic rings. The highest BCUT2D eigenvalue weighted by atomic mass is 16.2.